The van der Waals surface area contributed by atoms with Crippen molar-refractivity contribution in [3.8, 4) is 5.88 Å². The molecule has 0 radical (unpaired) electrons. The second kappa shape index (κ2) is 12.8. The highest BCUT2D eigenvalue weighted by atomic mass is 35.5. The molecule has 1 aromatic carbocycles. The normalized spacial score (nSPS) is 10.9. The number of ether oxygens (including phenoxy) is 1. The van der Waals surface area contributed by atoms with Crippen molar-refractivity contribution in [2.75, 3.05) is 32.5 Å². The monoisotopic (exact) mass is 502 g/mol. The van der Waals surface area contributed by atoms with E-state index in [4.69, 9.17) is 27.9 Å². The van der Waals surface area contributed by atoms with E-state index >= 15 is 0 Å². The number of nitrogens with zero attached hydrogens (tertiary/aromatic N) is 2. The highest BCUT2D eigenvalue weighted by Gasteiger charge is 2.23. The van der Waals surface area contributed by atoms with E-state index < -0.39 is 12.0 Å². The molecular formula is C21H28Cl2N4O4S. The third kappa shape index (κ3) is 7.81. The number of aromatic carboxylic acids is 1. The maximum atomic E-state index is 12.2. The van der Waals surface area contributed by atoms with Crippen molar-refractivity contribution in [2.24, 2.45) is 0 Å². The van der Waals surface area contributed by atoms with Crippen LogP contribution in [0.4, 0.5) is 9.80 Å². The SMILES string of the molecule is Cc1ccc(COc2nsc(NC(=O)NCCCCCCN(C)C)c2C(=O)O)c(Cl)c1Cl. The van der Waals surface area contributed by atoms with Crippen LogP contribution >= 0.6 is 34.7 Å². The fourth-order valence-electron chi connectivity index (χ4n) is 2.85. The third-order valence-electron chi connectivity index (χ3n) is 4.64. The largest absolute Gasteiger partial charge is 0.477 e. The summed E-state index contributed by atoms with van der Waals surface area (Å²) in [5.41, 5.74) is 1.22. The third-order valence-corrected chi connectivity index (χ3v) is 6.40. The minimum Gasteiger partial charge on any atom is -0.477 e. The number of benzene rings is 1. The number of rotatable bonds is 12. The Hall–Kier alpha value is -2.07. The summed E-state index contributed by atoms with van der Waals surface area (Å²) in [6.45, 7) is 3.37. The summed E-state index contributed by atoms with van der Waals surface area (Å²) < 4.78 is 9.61. The Balaban J connectivity index is 1.89. The number of urea groups is 1. The van der Waals surface area contributed by atoms with Crippen LogP contribution in [0.5, 0.6) is 5.88 Å². The second-order valence-electron chi connectivity index (χ2n) is 7.55. The van der Waals surface area contributed by atoms with E-state index in [9.17, 15) is 14.7 Å². The van der Waals surface area contributed by atoms with Crippen LogP contribution in [0.3, 0.4) is 0 Å². The smallest absolute Gasteiger partial charge is 0.344 e. The first-order chi connectivity index (χ1) is 15.2. The first-order valence-corrected chi connectivity index (χ1v) is 11.7. The van der Waals surface area contributed by atoms with Crippen LogP contribution < -0.4 is 15.4 Å². The number of aromatic nitrogens is 1. The van der Waals surface area contributed by atoms with Gasteiger partial charge in [0.25, 0.3) is 0 Å². The van der Waals surface area contributed by atoms with Gasteiger partial charge in [0.05, 0.1) is 10.0 Å². The number of aryl methyl sites for hydroxylation is 1. The summed E-state index contributed by atoms with van der Waals surface area (Å²) in [6.07, 6.45) is 4.07. The Bertz CT molecular complexity index is 937. The highest BCUT2D eigenvalue weighted by molar-refractivity contribution is 7.11. The minimum atomic E-state index is -1.25. The first-order valence-electron chi connectivity index (χ1n) is 10.2. The molecule has 3 N–H and O–H groups in total. The predicted molar refractivity (Wildman–Crippen MR) is 129 cm³/mol. The van der Waals surface area contributed by atoms with Gasteiger partial charge in [-0.1, -0.05) is 48.2 Å². The second-order valence-corrected chi connectivity index (χ2v) is 9.08. The molecule has 1 heterocycles. The molecular weight excluding hydrogens is 475 g/mol. The average Bonchev–Trinajstić information content (AvgIpc) is 3.13. The van der Waals surface area contributed by atoms with E-state index in [1.807, 2.05) is 21.0 Å². The van der Waals surface area contributed by atoms with Gasteiger partial charge < -0.3 is 20.1 Å². The molecule has 0 saturated carbocycles. The lowest BCUT2D eigenvalue weighted by atomic mass is 10.1. The molecule has 0 aliphatic carbocycles. The summed E-state index contributed by atoms with van der Waals surface area (Å²) in [6, 6.07) is 3.07. The van der Waals surface area contributed by atoms with Crippen LogP contribution in [0.2, 0.25) is 10.0 Å². The fraction of sp³-hybridized carbons (Fsp3) is 0.476. The van der Waals surface area contributed by atoms with Gasteiger partial charge in [0.2, 0.25) is 5.88 Å². The first kappa shape index (κ1) is 26.2. The molecule has 0 atom stereocenters. The van der Waals surface area contributed by atoms with E-state index in [0.29, 0.717) is 22.2 Å². The number of carboxylic acids is 1. The van der Waals surface area contributed by atoms with Crippen molar-refractivity contribution in [2.45, 2.75) is 39.2 Å². The molecule has 2 aromatic rings. The van der Waals surface area contributed by atoms with Gasteiger partial charge in [-0.25, -0.2) is 9.59 Å². The van der Waals surface area contributed by atoms with E-state index in [-0.39, 0.29) is 23.1 Å². The van der Waals surface area contributed by atoms with Crippen LogP contribution in [-0.2, 0) is 6.61 Å². The minimum absolute atomic E-state index is 0.0116. The standard InChI is InChI=1S/C21H28Cl2N4O4S/c1-13-8-9-14(17(23)16(13)22)12-31-18-15(20(28)29)19(32-26-18)25-21(30)24-10-6-4-5-7-11-27(2)3/h8-9H,4-7,10-12H2,1-3H3,(H,28,29)(H2,24,25,30). The zero-order valence-electron chi connectivity index (χ0n) is 18.3. The van der Waals surface area contributed by atoms with Crippen LogP contribution in [0, 0.1) is 6.92 Å². The molecule has 8 nitrogen and oxygen atoms in total. The molecule has 0 bridgehead atoms. The number of carboxylic acid groups (broad SMARTS) is 1. The van der Waals surface area contributed by atoms with E-state index in [2.05, 4.69) is 19.9 Å². The number of amides is 2. The van der Waals surface area contributed by atoms with Gasteiger partial charge in [0.1, 0.15) is 11.6 Å². The van der Waals surface area contributed by atoms with Crippen LogP contribution in [0.1, 0.15) is 47.2 Å². The summed E-state index contributed by atoms with van der Waals surface area (Å²) in [5, 5.41) is 15.7. The summed E-state index contributed by atoms with van der Waals surface area (Å²) in [5.74, 6) is -1.34. The summed E-state index contributed by atoms with van der Waals surface area (Å²) in [4.78, 5) is 26.0. The van der Waals surface area contributed by atoms with Crippen molar-refractivity contribution in [1.29, 1.82) is 0 Å². The number of unbranched alkanes of at least 4 members (excludes halogenated alkanes) is 3. The Morgan fingerprint density at radius 2 is 1.88 bits per heavy atom. The topological polar surface area (TPSA) is 104 Å². The van der Waals surface area contributed by atoms with E-state index in [1.165, 1.54) is 0 Å². The lowest BCUT2D eigenvalue weighted by molar-refractivity contribution is 0.0693. The summed E-state index contributed by atoms with van der Waals surface area (Å²) >= 11 is 13.2. The molecule has 0 aliphatic heterocycles. The lowest BCUT2D eigenvalue weighted by Crippen LogP contribution is -2.29. The van der Waals surface area contributed by atoms with Gasteiger partial charge in [0, 0.05) is 12.1 Å². The van der Waals surface area contributed by atoms with Gasteiger partial charge in [-0.3, -0.25) is 5.32 Å². The molecule has 11 heteroatoms. The average molecular weight is 503 g/mol. The van der Waals surface area contributed by atoms with Gasteiger partial charge in [-0.15, -0.1) is 0 Å². The van der Waals surface area contributed by atoms with Crippen molar-refractivity contribution in [3.05, 3.63) is 38.9 Å². The van der Waals surface area contributed by atoms with Crippen LogP contribution in [0.25, 0.3) is 0 Å². The van der Waals surface area contributed by atoms with Crippen LogP contribution in [0.15, 0.2) is 12.1 Å². The van der Waals surface area contributed by atoms with Crippen molar-refractivity contribution in [1.82, 2.24) is 14.6 Å². The van der Waals surface area contributed by atoms with Gasteiger partial charge in [-0.2, -0.15) is 4.37 Å². The van der Waals surface area contributed by atoms with Crippen LogP contribution in [-0.4, -0.2) is 53.6 Å². The zero-order valence-corrected chi connectivity index (χ0v) is 20.7. The molecule has 2 rings (SSSR count). The molecule has 0 fully saturated rings. The molecule has 1 aromatic heterocycles. The predicted octanol–water partition coefficient (Wildman–Crippen LogP) is 5.28. The zero-order chi connectivity index (χ0) is 23.7. The number of anilines is 1. The number of hydrogen-bond donors (Lipinski definition) is 3. The van der Waals surface area contributed by atoms with Gasteiger partial charge in [-0.05, 0) is 57.5 Å². The van der Waals surface area contributed by atoms with Crippen molar-refractivity contribution in [3.63, 3.8) is 0 Å². The Morgan fingerprint density at radius 1 is 1.16 bits per heavy atom. The molecule has 0 aliphatic rings. The molecule has 0 spiro atoms. The molecule has 0 unspecified atom stereocenters. The fourth-order valence-corrected chi connectivity index (χ4v) is 4.02. The molecule has 176 valence electrons. The maximum absolute atomic E-state index is 12.2. The van der Waals surface area contributed by atoms with E-state index in [0.717, 1.165) is 49.3 Å². The number of nitrogens with one attached hydrogen (secondary N) is 2. The Labute approximate surface area is 202 Å². The number of hydrogen-bond acceptors (Lipinski definition) is 6. The quantitative estimate of drug-likeness (QED) is 0.341. The molecule has 32 heavy (non-hydrogen) atoms. The van der Waals surface area contributed by atoms with Crippen molar-refractivity contribution < 1.29 is 19.4 Å². The molecule has 2 amide bonds. The van der Waals surface area contributed by atoms with Crippen molar-refractivity contribution >= 4 is 51.7 Å². The Kier molecular flexibility index (Phi) is 10.5. The van der Waals surface area contributed by atoms with Gasteiger partial charge >= 0.3 is 12.0 Å². The van der Waals surface area contributed by atoms with E-state index in [1.54, 1.807) is 12.1 Å². The lowest BCUT2D eigenvalue weighted by Gasteiger charge is -2.10. The number of carbonyl (C=O) groups excluding carboxylic acids is 1. The summed E-state index contributed by atoms with van der Waals surface area (Å²) in [7, 11) is 4.08. The highest BCUT2D eigenvalue weighted by Crippen LogP contribution is 2.33. The van der Waals surface area contributed by atoms with Gasteiger partial charge in [0.15, 0.2) is 5.56 Å². The number of halogens is 2. The maximum Gasteiger partial charge on any atom is 0.344 e. The molecule has 0 saturated heterocycles. The number of carbonyl (C=O) groups is 2. The Morgan fingerprint density at radius 3 is 2.56 bits per heavy atom.